The number of ketones is 1. The molecule has 3 atom stereocenters. The molecule has 70 valence electrons. The van der Waals surface area contributed by atoms with Crippen molar-refractivity contribution in [2.75, 3.05) is 0 Å². The molecule has 0 radical (unpaired) electrons. The van der Waals surface area contributed by atoms with Crippen molar-refractivity contribution in [3.8, 4) is 0 Å². The third-order valence-electron chi connectivity index (χ3n) is 3.67. The van der Waals surface area contributed by atoms with Crippen molar-refractivity contribution < 1.29 is 4.79 Å². The zero-order chi connectivity index (χ0) is 9.47. The van der Waals surface area contributed by atoms with E-state index >= 15 is 0 Å². The number of hydrogen-bond donors (Lipinski definition) is 0. The Kier molecular flexibility index (Phi) is 1.90. The zero-order valence-corrected chi connectivity index (χ0v) is 8.12. The maximum Gasteiger partial charge on any atom is 0.137 e. The highest BCUT2D eigenvalue weighted by Crippen LogP contribution is 2.61. The SMILES string of the molecule is C=CC1CC1(C(C)=O)C1C=CCC1. The van der Waals surface area contributed by atoms with Gasteiger partial charge in [-0.05, 0) is 38.0 Å². The van der Waals surface area contributed by atoms with Gasteiger partial charge in [0.05, 0.1) is 0 Å². The summed E-state index contributed by atoms with van der Waals surface area (Å²) in [5.41, 5.74) is -0.0469. The Bertz CT molecular complexity index is 277. The van der Waals surface area contributed by atoms with Crippen molar-refractivity contribution in [2.24, 2.45) is 17.3 Å². The van der Waals surface area contributed by atoms with Gasteiger partial charge in [-0.3, -0.25) is 4.79 Å². The van der Waals surface area contributed by atoms with Gasteiger partial charge in [-0.25, -0.2) is 0 Å². The predicted octanol–water partition coefficient (Wildman–Crippen LogP) is 2.73. The molecule has 2 aliphatic carbocycles. The van der Waals surface area contributed by atoms with E-state index in [1.165, 1.54) is 0 Å². The van der Waals surface area contributed by atoms with Gasteiger partial charge in [0.2, 0.25) is 0 Å². The average molecular weight is 176 g/mol. The number of rotatable bonds is 3. The highest BCUT2D eigenvalue weighted by atomic mass is 16.1. The highest BCUT2D eigenvalue weighted by molar-refractivity contribution is 5.87. The molecule has 0 saturated heterocycles. The van der Waals surface area contributed by atoms with Crippen LogP contribution in [0.5, 0.6) is 0 Å². The van der Waals surface area contributed by atoms with Crippen LogP contribution >= 0.6 is 0 Å². The Balaban J connectivity index is 2.21. The maximum absolute atomic E-state index is 11.6. The molecule has 0 aromatic carbocycles. The second kappa shape index (κ2) is 2.83. The third-order valence-corrected chi connectivity index (χ3v) is 3.67. The molecule has 1 nitrogen and oxygen atoms in total. The molecule has 0 spiro atoms. The second-order valence-electron chi connectivity index (χ2n) is 4.25. The lowest BCUT2D eigenvalue weighted by molar-refractivity contribution is -0.123. The van der Waals surface area contributed by atoms with E-state index in [0.717, 1.165) is 19.3 Å². The minimum atomic E-state index is -0.0469. The van der Waals surface area contributed by atoms with Crippen molar-refractivity contribution >= 4 is 5.78 Å². The molecule has 0 N–H and O–H groups in total. The van der Waals surface area contributed by atoms with E-state index in [-0.39, 0.29) is 5.41 Å². The van der Waals surface area contributed by atoms with Crippen molar-refractivity contribution in [2.45, 2.75) is 26.2 Å². The molecule has 1 fully saturated rings. The number of carbonyl (C=O) groups is 1. The van der Waals surface area contributed by atoms with Gasteiger partial charge in [-0.1, -0.05) is 18.2 Å². The first-order valence-corrected chi connectivity index (χ1v) is 5.02. The van der Waals surface area contributed by atoms with Crippen LogP contribution in [0.15, 0.2) is 24.8 Å². The van der Waals surface area contributed by atoms with Crippen LogP contribution in [-0.4, -0.2) is 5.78 Å². The van der Waals surface area contributed by atoms with Gasteiger partial charge >= 0.3 is 0 Å². The molecule has 0 aliphatic heterocycles. The van der Waals surface area contributed by atoms with Gasteiger partial charge in [0.1, 0.15) is 5.78 Å². The summed E-state index contributed by atoms with van der Waals surface area (Å²) in [6.45, 7) is 5.53. The normalized spacial score (nSPS) is 41.9. The number of carbonyl (C=O) groups excluding carboxylic acids is 1. The fourth-order valence-corrected chi connectivity index (χ4v) is 2.75. The van der Waals surface area contributed by atoms with Gasteiger partial charge in [-0.15, -0.1) is 6.58 Å². The molecule has 0 amide bonds. The lowest BCUT2D eigenvalue weighted by Gasteiger charge is -2.19. The summed E-state index contributed by atoms with van der Waals surface area (Å²) < 4.78 is 0. The Morgan fingerprint density at radius 3 is 2.85 bits per heavy atom. The monoisotopic (exact) mass is 176 g/mol. The fourth-order valence-electron chi connectivity index (χ4n) is 2.75. The first-order chi connectivity index (χ1) is 6.21. The topological polar surface area (TPSA) is 17.1 Å². The molecule has 13 heavy (non-hydrogen) atoms. The van der Waals surface area contributed by atoms with Crippen molar-refractivity contribution in [1.82, 2.24) is 0 Å². The van der Waals surface area contributed by atoms with E-state index in [1.807, 2.05) is 6.08 Å². The van der Waals surface area contributed by atoms with E-state index < -0.39 is 0 Å². The molecule has 3 unspecified atom stereocenters. The molecule has 1 saturated carbocycles. The molecule has 1 heteroatoms. The fraction of sp³-hybridized carbons (Fsp3) is 0.583. The van der Waals surface area contributed by atoms with E-state index in [4.69, 9.17) is 0 Å². The minimum Gasteiger partial charge on any atom is -0.299 e. The van der Waals surface area contributed by atoms with Crippen LogP contribution in [-0.2, 0) is 4.79 Å². The van der Waals surface area contributed by atoms with Crippen LogP contribution in [0.3, 0.4) is 0 Å². The second-order valence-corrected chi connectivity index (χ2v) is 4.25. The van der Waals surface area contributed by atoms with Crippen LogP contribution < -0.4 is 0 Å². The summed E-state index contributed by atoms with van der Waals surface area (Å²) >= 11 is 0. The molecule has 0 aromatic rings. The predicted molar refractivity (Wildman–Crippen MR) is 53.3 cm³/mol. The standard InChI is InChI=1S/C12H16O/c1-3-10-8-12(10,9(2)13)11-6-4-5-7-11/h3-4,6,10-11H,1,5,7-8H2,2H3. The van der Waals surface area contributed by atoms with Gasteiger partial charge in [0.15, 0.2) is 0 Å². The number of Topliss-reactive ketones (excluding diaryl/α,β-unsaturated/α-hetero) is 1. The smallest absolute Gasteiger partial charge is 0.137 e. The van der Waals surface area contributed by atoms with E-state index in [1.54, 1.807) is 6.92 Å². The summed E-state index contributed by atoms with van der Waals surface area (Å²) in [5.74, 6) is 1.29. The lowest BCUT2D eigenvalue weighted by atomic mass is 9.83. The van der Waals surface area contributed by atoms with Crippen molar-refractivity contribution in [1.29, 1.82) is 0 Å². The summed E-state index contributed by atoms with van der Waals surface area (Å²) in [7, 11) is 0. The summed E-state index contributed by atoms with van der Waals surface area (Å²) in [6.07, 6.45) is 9.71. The van der Waals surface area contributed by atoms with Crippen molar-refractivity contribution in [3.05, 3.63) is 24.8 Å². The minimum absolute atomic E-state index is 0.0469. The van der Waals surface area contributed by atoms with Crippen LogP contribution in [0.1, 0.15) is 26.2 Å². The Labute approximate surface area is 79.5 Å². The largest absolute Gasteiger partial charge is 0.299 e. The Morgan fingerprint density at radius 2 is 2.46 bits per heavy atom. The van der Waals surface area contributed by atoms with E-state index in [0.29, 0.717) is 17.6 Å². The average Bonchev–Trinajstić information content (AvgIpc) is 2.62. The molecule has 0 aromatic heterocycles. The van der Waals surface area contributed by atoms with Gasteiger partial charge in [-0.2, -0.15) is 0 Å². The van der Waals surface area contributed by atoms with E-state index in [9.17, 15) is 4.79 Å². The summed E-state index contributed by atoms with van der Waals surface area (Å²) in [4.78, 5) is 11.6. The lowest BCUT2D eigenvalue weighted by Crippen LogP contribution is -2.22. The maximum atomic E-state index is 11.6. The van der Waals surface area contributed by atoms with Crippen LogP contribution in [0, 0.1) is 17.3 Å². The Hall–Kier alpha value is -0.850. The number of hydrogen-bond acceptors (Lipinski definition) is 1. The zero-order valence-electron chi connectivity index (χ0n) is 8.12. The summed E-state index contributed by atoms with van der Waals surface area (Å²) in [6, 6.07) is 0. The van der Waals surface area contributed by atoms with Gasteiger partial charge in [0, 0.05) is 5.41 Å². The van der Waals surface area contributed by atoms with Crippen LogP contribution in [0.2, 0.25) is 0 Å². The molecule has 0 bridgehead atoms. The number of allylic oxidation sites excluding steroid dienone is 3. The van der Waals surface area contributed by atoms with Crippen LogP contribution in [0.25, 0.3) is 0 Å². The first kappa shape index (κ1) is 8.74. The quantitative estimate of drug-likeness (QED) is 0.604. The first-order valence-electron chi connectivity index (χ1n) is 5.02. The molecular weight excluding hydrogens is 160 g/mol. The van der Waals surface area contributed by atoms with Crippen LogP contribution in [0.4, 0.5) is 0 Å². The molecule has 0 heterocycles. The molecular formula is C12H16O. The summed E-state index contributed by atoms with van der Waals surface area (Å²) in [5, 5.41) is 0. The Morgan fingerprint density at radius 1 is 1.69 bits per heavy atom. The third kappa shape index (κ3) is 1.10. The van der Waals surface area contributed by atoms with Gasteiger partial charge < -0.3 is 0 Å². The van der Waals surface area contributed by atoms with Crippen molar-refractivity contribution in [3.63, 3.8) is 0 Å². The molecule has 2 aliphatic rings. The van der Waals surface area contributed by atoms with Gasteiger partial charge in [0.25, 0.3) is 0 Å². The molecule has 2 rings (SSSR count). The highest BCUT2D eigenvalue weighted by Gasteiger charge is 2.60. The van der Waals surface area contributed by atoms with E-state index in [2.05, 4.69) is 18.7 Å².